The minimum absolute atomic E-state index is 0.0158. The molecule has 7 nitrogen and oxygen atoms in total. The lowest BCUT2D eigenvalue weighted by Crippen LogP contribution is -2.47. The predicted molar refractivity (Wildman–Crippen MR) is 100 cm³/mol. The number of amides is 1. The molecule has 1 aromatic rings. The second-order valence-corrected chi connectivity index (χ2v) is 9.77. The summed E-state index contributed by atoms with van der Waals surface area (Å²) in [6.45, 7) is 6.04. The lowest BCUT2D eigenvalue weighted by molar-refractivity contribution is 0.168. The van der Waals surface area contributed by atoms with Gasteiger partial charge in [0.1, 0.15) is 0 Å². The Kier molecular flexibility index (Phi) is 7.51. The van der Waals surface area contributed by atoms with Gasteiger partial charge in [0.15, 0.2) is 5.06 Å². The van der Waals surface area contributed by atoms with E-state index in [1.165, 1.54) is 0 Å². The molecule has 2 N–H and O–H groups in total. The Morgan fingerprint density at radius 1 is 1.40 bits per heavy atom. The number of carbonyl (C=O) groups is 1. The predicted octanol–water partition coefficient (Wildman–Crippen LogP) is 2.28. The summed E-state index contributed by atoms with van der Waals surface area (Å²) in [5.41, 5.74) is 0. The topological polar surface area (TPSA) is 87.7 Å². The van der Waals surface area contributed by atoms with E-state index in [1.54, 1.807) is 12.1 Å². The maximum Gasteiger partial charge on any atom is 0.413 e. The molecule has 0 spiro atoms. The van der Waals surface area contributed by atoms with Gasteiger partial charge in [-0.3, -0.25) is 0 Å². The Morgan fingerprint density at radius 3 is 2.64 bits per heavy atom. The second-order valence-electron chi connectivity index (χ2n) is 6.22. The lowest BCUT2D eigenvalue weighted by atomic mass is 10.1. The molecule has 1 amide bonds. The minimum Gasteiger partial charge on any atom is -0.399 e. The van der Waals surface area contributed by atoms with Gasteiger partial charge in [0.25, 0.3) is 0 Å². The number of carbonyl (C=O) groups excluding carboxylic acids is 1. The molecule has 2 heterocycles. The van der Waals surface area contributed by atoms with Crippen molar-refractivity contribution in [3.8, 4) is 5.06 Å². The molecule has 142 valence electrons. The summed E-state index contributed by atoms with van der Waals surface area (Å²) in [6.07, 6.45) is 0.900. The number of halogens is 1. The smallest absolute Gasteiger partial charge is 0.399 e. The zero-order valence-corrected chi connectivity index (χ0v) is 16.7. The average Bonchev–Trinajstić information content (AvgIpc) is 2.92. The normalized spacial score (nSPS) is 17.0. The van der Waals surface area contributed by atoms with Crippen LogP contribution in [0.4, 0.5) is 4.79 Å². The first-order valence-corrected chi connectivity index (χ1v) is 11.0. The number of likely N-dealkylation sites (tertiary alicyclic amines) is 1. The third-order valence-corrected chi connectivity index (χ3v) is 6.53. The summed E-state index contributed by atoms with van der Waals surface area (Å²) in [5.74, 6) is -0.183. The molecule has 0 aromatic carbocycles. The first kappa shape index (κ1) is 20.4. The van der Waals surface area contributed by atoms with Gasteiger partial charge in [-0.25, -0.2) is 17.9 Å². The second kappa shape index (κ2) is 9.18. The molecule has 1 saturated heterocycles. The van der Waals surface area contributed by atoms with E-state index in [2.05, 4.69) is 28.8 Å². The van der Waals surface area contributed by atoms with Crippen LogP contribution in [0.25, 0.3) is 0 Å². The molecule has 25 heavy (non-hydrogen) atoms. The third-order valence-electron chi connectivity index (χ3n) is 3.99. The first-order chi connectivity index (χ1) is 11.7. The fourth-order valence-electron chi connectivity index (χ4n) is 2.61. The Bertz CT molecular complexity index is 670. The van der Waals surface area contributed by atoms with Crippen molar-refractivity contribution in [2.24, 2.45) is 0 Å². The van der Waals surface area contributed by atoms with Crippen LogP contribution in [0.3, 0.4) is 0 Å². The molecule has 10 heteroatoms. The van der Waals surface area contributed by atoms with Crippen molar-refractivity contribution >= 4 is 39.1 Å². The van der Waals surface area contributed by atoms with Gasteiger partial charge in [0.05, 0.1) is 10.1 Å². The zero-order valence-electron chi connectivity index (χ0n) is 14.3. The molecule has 2 rings (SSSR count). The van der Waals surface area contributed by atoms with Gasteiger partial charge in [-0.15, -0.1) is 0 Å². The van der Waals surface area contributed by atoms with Crippen LogP contribution >= 0.6 is 22.9 Å². The number of hydrogen-bond acceptors (Lipinski definition) is 6. The van der Waals surface area contributed by atoms with Crippen LogP contribution in [-0.2, 0) is 10.0 Å². The number of ether oxygens (including phenoxy) is 1. The summed E-state index contributed by atoms with van der Waals surface area (Å²) in [6, 6.07) is 3.63. The third kappa shape index (κ3) is 7.10. The maximum atomic E-state index is 12.1. The Labute approximate surface area is 157 Å². The van der Waals surface area contributed by atoms with Gasteiger partial charge < -0.3 is 15.0 Å². The van der Waals surface area contributed by atoms with Gasteiger partial charge in [-0.05, 0) is 51.9 Å². The van der Waals surface area contributed by atoms with E-state index in [4.69, 9.17) is 16.3 Å². The Balaban J connectivity index is 1.68. The van der Waals surface area contributed by atoms with E-state index in [0.717, 1.165) is 37.3 Å². The number of nitrogens with one attached hydrogen (secondary N) is 2. The Morgan fingerprint density at radius 2 is 2.08 bits per heavy atom. The molecule has 0 bridgehead atoms. The van der Waals surface area contributed by atoms with Crippen LogP contribution in [0, 0.1) is 0 Å². The number of hydrogen-bond donors (Lipinski definition) is 2. The molecule has 0 aliphatic carbocycles. The van der Waals surface area contributed by atoms with Crippen LogP contribution < -0.4 is 14.8 Å². The van der Waals surface area contributed by atoms with E-state index >= 15 is 0 Å². The highest BCUT2D eigenvalue weighted by Crippen LogP contribution is 2.28. The molecule has 0 atom stereocenters. The number of sulfonamides is 1. The highest BCUT2D eigenvalue weighted by Gasteiger charge is 2.24. The zero-order chi connectivity index (χ0) is 18.4. The Hall–Kier alpha value is -0.870. The van der Waals surface area contributed by atoms with Crippen LogP contribution in [-0.4, -0.2) is 56.9 Å². The lowest BCUT2D eigenvalue weighted by Gasteiger charge is -2.34. The van der Waals surface area contributed by atoms with Crippen LogP contribution in [0.5, 0.6) is 5.06 Å². The van der Waals surface area contributed by atoms with Crippen LogP contribution in [0.1, 0.15) is 26.7 Å². The van der Waals surface area contributed by atoms with E-state index < -0.39 is 16.1 Å². The fourth-order valence-corrected chi connectivity index (χ4v) is 4.72. The number of thiophene rings is 1. The van der Waals surface area contributed by atoms with Gasteiger partial charge in [-0.1, -0.05) is 22.9 Å². The summed E-state index contributed by atoms with van der Waals surface area (Å²) < 4.78 is 32.5. The van der Waals surface area contributed by atoms with E-state index in [-0.39, 0.29) is 18.3 Å². The van der Waals surface area contributed by atoms with Gasteiger partial charge in [0.2, 0.25) is 10.0 Å². The molecule has 1 aliphatic heterocycles. The van der Waals surface area contributed by atoms with Gasteiger partial charge in [-0.2, -0.15) is 0 Å². The maximum absolute atomic E-state index is 12.1. The van der Waals surface area contributed by atoms with Crippen molar-refractivity contribution < 1.29 is 17.9 Å². The molecule has 1 fully saturated rings. The monoisotopic (exact) mass is 409 g/mol. The molecule has 0 saturated carbocycles. The molecule has 1 aromatic heterocycles. The summed E-state index contributed by atoms with van der Waals surface area (Å²) >= 11 is 6.87. The quantitative estimate of drug-likeness (QED) is 0.721. The van der Waals surface area contributed by atoms with Crippen molar-refractivity contribution in [2.45, 2.75) is 38.8 Å². The number of nitrogens with zero attached hydrogens (tertiary/aromatic N) is 1. The van der Waals surface area contributed by atoms with Crippen molar-refractivity contribution in [1.82, 2.24) is 14.9 Å². The van der Waals surface area contributed by atoms with Gasteiger partial charge in [0, 0.05) is 18.6 Å². The van der Waals surface area contributed by atoms with E-state index in [1.807, 2.05) is 0 Å². The van der Waals surface area contributed by atoms with Crippen molar-refractivity contribution in [2.75, 3.05) is 25.4 Å². The molecular weight excluding hydrogens is 386 g/mol. The fraction of sp³-hybridized carbons (Fsp3) is 0.667. The summed E-state index contributed by atoms with van der Waals surface area (Å²) in [7, 11) is -3.44. The van der Waals surface area contributed by atoms with E-state index in [0.29, 0.717) is 15.4 Å². The standard InChI is InChI=1S/C15H24ClN3O4S2/c1-11(2)19-8-5-12(6-9-19)18-25(21,22)10-7-17-15(20)23-14-4-3-13(16)24-14/h3-4,11-12,18H,5-10H2,1-2H3,(H,17,20). The molecule has 1 aliphatic rings. The highest BCUT2D eigenvalue weighted by molar-refractivity contribution is 7.89. The molecular formula is C15H24ClN3O4S2. The summed E-state index contributed by atoms with van der Waals surface area (Å²) in [5, 5.41) is 2.79. The first-order valence-electron chi connectivity index (χ1n) is 8.20. The average molecular weight is 410 g/mol. The molecule has 0 radical (unpaired) electrons. The van der Waals surface area contributed by atoms with Crippen LogP contribution in [0.2, 0.25) is 4.34 Å². The van der Waals surface area contributed by atoms with E-state index in [9.17, 15) is 13.2 Å². The summed E-state index contributed by atoms with van der Waals surface area (Å²) in [4.78, 5) is 13.9. The van der Waals surface area contributed by atoms with Crippen LogP contribution in [0.15, 0.2) is 12.1 Å². The number of piperidine rings is 1. The SMILES string of the molecule is CC(C)N1CCC(NS(=O)(=O)CCNC(=O)Oc2ccc(Cl)s2)CC1. The largest absolute Gasteiger partial charge is 0.413 e. The van der Waals surface area contributed by atoms with Crippen molar-refractivity contribution in [3.63, 3.8) is 0 Å². The highest BCUT2D eigenvalue weighted by atomic mass is 35.5. The van der Waals surface area contributed by atoms with Crippen molar-refractivity contribution in [1.29, 1.82) is 0 Å². The van der Waals surface area contributed by atoms with Crippen molar-refractivity contribution in [3.05, 3.63) is 16.5 Å². The van der Waals surface area contributed by atoms with Gasteiger partial charge >= 0.3 is 6.09 Å². The molecule has 0 unspecified atom stereocenters. The minimum atomic E-state index is -3.44. The number of rotatable bonds is 7.